The van der Waals surface area contributed by atoms with Crippen molar-refractivity contribution in [2.24, 2.45) is 0 Å². The lowest BCUT2D eigenvalue weighted by Crippen LogP contribution is -2.29. The number of carbonyl (C=O) groups excluding carboxylic acids is 2. The molecule has 0 aliphatic carbocycles. The summed E-state index contributed by atoms with van der Waals surface area (Å²) in [5.41, 5.74) is 4.50. The number of H-pyrrole nitrogens is 1. The van der Waals surface area contributed by atoms with Gasteiger partial charge in [0.2, 0.25) is 0 Å². The molecule has 0 bridgehead atoms. The average molecular weight is 390 g/mol. The van der Waals surface area contributed by atoms with E-state index in [1.165, 1.54) is 22.2 Å². The van der Waals surface area contributed by atoms with Gasteiger partial charge in [-0.1, -0.05) is 59.7 Å². The summed E-state index contributed by atoms with van der Waals surface area (Å²) >= 11 is 0. The number of imide groups is 1. The highest BCUT2D eigenvalue weighted by atomic mass is 16.2. The zero-order valence-corrected chi connectivity index (χ0v) is 17.8. The highest BCUT2D eigenvalue weighted by molar-refractivity contribution is 6.25. The van der Waals surface area contributed by atoms with Crippen LogP contribution in [0, 0.1) is 0 Å². The number of nitrogens with one attached hydrogen (secondary N) is 1. The van der Waals surface area contributed by atoms with Crippen molar-refractivity contribution < 1.29 is 9.59 Å². The van der Waals surface area contributed by atoms with Crippen molar-refractivity contribution in [3.8, 4) is 0 Å². The first-order chi connectivity index (χ1) is 13.5. The van der Waals surface area contributed by atoms with Gasteiger partial charge in [0, 0.05) is 6.20 Å². The molecule has 150 valence electrons. The van der Waals surface area contributed by atoms with Crippen LogP contribution in [0.25, 0.3) is 11.0 Å². The Balaban J connectivity index is 1.76. The normalized spacial score (nSPS) is 14.8. The molecule has 29 heavy (non-hydrogen) atoms. The van der Waals surface area contributed by atoms with E-state index >= 15 is 0 Å². The molecule has 2 amide bonds. The van der Waals surface area contributed by atoms with Gasteiger partial charge in [-0.05, 0) is 27.5 Å². The monoisotopic (exact) mass is 390 g/mol. The van der Waals surface area contributed by atoms with Crippen molar-refractivity contribution in [1.82, 2.24) is 20.1 Å². The molecule has 3 heterocycles. The molecule has 0 atom stereocenters. The maximum atomic E-state index is 13.1. The van der Waals surface area contributed by atoms with Gasteiger partial charge >= 0.3 is 0 Å². The predicted octanol–water partition coefficient (Wildman–Crippen LogP) is 4.35. The summed E-state index contributed by atoms with van der Waals surface area (Å²) in [6.45, 7) is 13.2. The number of aromatic nitrogens is 3. The van der Waals surface area contributed by atoms with Crippen LogP contribution in [-0.4, -0.2) is 31.9 Å². The highest BCUT2D eigenvalue weighted by Crippen LogP contribution is 2.33. The predicted molar refractivity (Wildman–Crippen MR) is 112 cm³/mol. The second-order valence-electron chi connectivity index (χ2n) is 9.79. The fourth-order valence-corrected chi connectivity index (χ4v) is 3.64. The third-order valence-corrected chi connectivity index (χ3v) is 5.48. The van der Waals surface area contributed by atoms with E-state index in [1.807, 2.05) is 0 Å². The van der Waals surface area contributed by atoms with Crippen molar-refractivity contribution in [3.63, 3.8) is 0 Å². The van der Waals surface area contributed by atoms with Gasteiger partial charge in [0.15, 0.2) is 5.65 Å². The standard InChI is InChI=1S/C23H26N4O2/c1-22(2,3)14-7-13(8-15(9-14)23(4,5)6)12-27-20(28)17-10-24-19-16(11-25-26-19)18(17)21(27)29/h7-11H,12H2,1-6H3,(H,24,25,26). The Bertz CT molecular complexity index is 1110. The van der Waals surface area contributed by atoms with Crippen LogP contribution in [0.4, 0.5) is 0 Å². The Morgan fingerprint density at radius 1 is 0.897 bits per heavy atom. The zero-order valence-electron chi connectivity index (χ0n) is 17.8. The van der Waals surface area contributed by atoms with Crippen molar-refractivity contribution >= 4 is 22.8 Å². The van der Waals surface area contributed by atoms with Crippen molar-refractivity contribution in [2.45, 2.75) is 58.9 Å². The number of hydrogen-bond donors (Lipinski definition) is 1. The molecule has 0 fully saturated rings. The van der Waals surface area contributed by atoms with Crippen molar-refractivity contribution in [1.29, 1.82) is 0 Å². The van der Waals surface area contributed by atoms with E-state index in [-0.39, 0.29) is 29.2 Å². The fourth-order valence-electron chi connectivity index (χ4n) is 3.64. The highest BCUT2D eigenvalue weighted by Gasteiger charge is 2.38. The SMILES string of the molecule is CC(C)(C)c1cc(CN2C(=O)c3cnc4[nH]ncc4c3C2=O)cc(C(C)(C)C)c1. The lowest BCUT2D eigenvalue weighted by atomic mass is 9.79. The van der Waals surface area contributed by atoms with E-state index in [1.54, 1.807) is 6.20 Å². The van der Waals surface area contributed by atoms with E-state index in [9.17, 15) is 9.59 Å². The fraction of sp³-hybridized carbons (Fsp3) is 0.391. The molecule has 0 saturated heterocycles. The van der Waals surface area contributed by atoms with Crippen LogP contribution < -0.4 is 0 Å². The topological polar surface area (TPSA) is 79.0 Å². The third-order valence-electron chi connectivity index (χ3n) is 5.48. The minimum absolute atomic E-state index is 0.0368. The Morgan fingerprint density at radius 2 is 1.52 bits per heavy atom. The summed E-state index contributed by atoms with van der Waals surface area (Å²) < 4.78 is 0. The zero-order chi connectivity index (χ0) is 21.1. The molecule has 6 nitrogen and oxygen atoms in total. The van der Waals surface area contributed by atoms with Gasteiger partial charge in [-0.25, -0.2) is 4.98 Å². The Kier molecular flexibility index (Phi) is 4.15. The van der Waals surface area contributed by atoms with Crippen LogP contribution >= 0.6 is 0 Å². The number of carbonyl (C=O) groups is 2. The number of fused-ring (bicyclic) bond motifs is 3. The molecule has 0 unspecified atom stereocenters. The lowest BCUT2D eigenvalue weighted by Gasteiger charge is -2.27. The first-order valence-electron chi connectivity index (χ1n) is 9.80. The molecular formula is C23H26N4O2. The number of hydrogen-bond acceptors (Lipinski definition) is 4. The molecule has 4 rings (SSSR count). The van der Waals surface area contributed by atoms with Gasteiger partial charge in [-0.2, -0.15) is 5.10 Å². The Labute approximate surface area is 170 Å². The molecule has 0 radical (unpaired) electrons. The third kappa shape index (κ3) is 3.22. The summed E-state index contributed by atoms with van der Waals surface area (Å²) in [6.07, 6.45) is 3.01. The molecule has 1 N–H and O–H groups in total. The number of pyridine rings is 1. The van der Waals surface area contributed by atoms with Crippen LogP contribution in [0.15, 0.2) is 30.6 Å². The molecular weight excluding hydrogens is 364 g/mol. The van der Waals surface area contributed by atoms with E-state index in [2.05, 4.69) is 74.9 Å². The first-order valence-corrected chi connectivity index (χ1v) is 9.80. The lowest BCUT2D eigenvalue weighted by molar-refractivity contribution is 0.0643. The van der Waals surface area contributed by atoms with Gasteiger partial charge in [0.25, 0.3) is 11.8 Å². The largest absolute Gasteiger partial charge is 0.270 e. The first kappa shape index (κ1) is 19.3. The maximum Gasteiger partial charge on any atom is 0.263 e. The number of aromatic amines is 1. The molecule has 1 aliphatic rings. The van der Waals surface area contributed by atoms with Crippen molar-refractivity contribution in [3.05, 3.63) is 58.4 Å². The smallest absolute Gasteiger partial charge is 0.263 e. The number of rotatable bonds is 2. The maximum absolute atomic E-state index is 13.1. The van der Waals surface area contributed by atoms with E-state index < -0.39 is 0 Å². The molecule has 3 aromatic rings. The van der Waals surface area contributed by atoms with Gasteiger partial charge in [-0.3, -0.25) is 19.6 Å². The molecule has 0 saturated carbocycles. The van der Waals surface area contributed by atoms with Gasteiger partial charge in [0.05, 0.1) is 29.3 Å². The van der Waals surface area contributed by atoms with Crippen LogP contribution in [-0.2, 0) is 17.4 Å². The van der Waals surface area contributed by atoms with Gasteiger partial charge in [-0.15, -0.1) is 0 Å². The van der Waals surface area contributed by atoms with Crippen LogP contribution in [0.2, 0.25) is 0 Å². The molecule has 0 spiro atoms. The molecule has 1 aliphatic heterocycles. The van der Waals surface area contributed by atoms with Crippen molar-refractivity contribution in [2.75, 3.05) is 0 Å². The summed E-state index contributed by atoms with van der Waals surface area (Å²) in [5, 5.41) is 7.29. The van der Waals surface area contributed by atoms with Crippen LogP contribution in [0.5, 0.6) is 0 Å². The molecule has 2 aromatic heterocycles. The summed E-state index contributed by atoms with van der Waals surface area (Å²) in [5.74, 6) is -0.601. The minimum atomic E-state index is -0.306. The minimum Gasteiger partial charge on any atom is -0.270 e. The molecule has 6 heteroatoms. The molecule has 1 aromatic carbocycles. The second kappa shape index (κ2) is 6.24. The quantitative estimate of drug-likeness (QED) is 0.660. The number of nitrogens with zero attached hydrogens (tertiary/aromatic N) is 3. The second-order valence-corrected chi connectivity index (χ2v) is 9.79. The number of amides is 2. The Hall–Kier alpha value is -3.02. The van der Waals surface area contributed by atoms with Gasteiger partial charge < -0.3 is 0 Å². The summed E-state index contributed by atoms with van der Waals surface area (Å²) in [7, 11) is 0. The van der Waals surface area contributed by atoms with Gasteiger partial charge in [0.1, 0.15) is 0 Å². The van der Waals surface area contributed by atoms with E-state index in [0.717, 1.165) is 5.56 Å². The Morgan fingerprint density at radius 3 is 2.10 bits per heavy atom. The number of benzene rings is 1. The average Bonchev–Trinajstić information content (AvgIpc) is 3.19. The summed E-state index contributed by atoms with van der Waals surface area (Å²) in [4.78, 5) is 31.6. The summed E-state index contributed by atoms with van der Waals surface area (Å²) in [6, 6.07) is 6.43. The van der Waals surface area contributed by atoms with E-state index in [0.29, 0.717) is 22.2 Å². The van der Waals surface area contributed by atoms with Crippen LogP contribution in [0.3, 0.4) is 0 Å². The van der Waals surface area contributed by atoms with Crippen LogP contribution in [0.1, 0.15) is 78.9 Å². The van der Waals surface area contributed by atoms with E-state index in [4.69, 9.17) is 0 Å².